The van der Waals surface area contributed by atoms with Gasteiger partial charge in [-0.05, 0) is 34.1 Å². The average Bonchev–Trinajstić information content (AvgIpc) is 2.72. The van der Waals surface area contributed by atoms with E-state index in [9.17, 15) is 9.59 Å². The van der Waals surface area contributed by atoms with Gasteiger partial charge < -0.3 is 11.5 Å². The zero-order valence-corrected chi connectivity index (χ0v) is 15.3. The molecule has 28 heavy (non-hydrogen) atoms. The highest BCUT2D eigenvalue weighted by molar-refractivity contribution is 6.50. The number of carbonyl (C=O) groups excluding carboxylic acids is 2. The quantitative estimate of drug-likeness (QED) is 0.418. The average molecular weight is 368 g/mol. The molecule has 3 aromatic carbocycles. The molecule has 0 saturated carbocycles. The third kappa shape index (κ3) is 3.43. The standard InChI is InChI=1S/C24H20N2O2/c25-24(26)13-12-20(23(28)22(27)17-7-2-1-3-8-17)21(15-24)19-11-10-16-6-4-5-9-18(16)14-19/h1-14H,15,25-26H2. The van der Waals surface area contributed by atoms with Gasteiger partial charge in [-0.15, -0.1) is 0 Å². The van der Waals surface area contributed by atoms with Crippen molar-refractivity contribution in [3.63, 3.8) is 0 Å². The fraction of sp³-hybridized carbons (Fsp3) is 0.0833. The Morgan fingerprint density at radius 1 is 0.786 bits per heavy atom. The molecule has 0 atom stereocenters. The Kier molecular flexibility index (Phi) is 4.51. The summed E-state index contributed by atoms with van der Waals surface area (Å²) >= 11 is 0. The maximum absolute atomic E-state index is 13.0. The van der Waals surface area contributed by atoms with E-state index in [1.54, 1.807) is 42.5 Å². The highest BCUT2D eigenvalue weighted by Gasteiger charge is 2.30. The van der Waals surface area contributed by atoms with Crippen molar-refractivity contribution in [2.45, 2.75) is 12.1 Å². The molecule has 3 aromatic rings. The Balaban J connectivity index is 1.82. The molecule has 1 aliphatic carbocycles. The normalized spacial score (nSPS) is 15.6. The minimum absolute atomic E-state index is 0.269. The lowest BCUT2D eigenvalue weighted by atomic mass is 9.83. The van der Waals surface area contributed by atoms with E-state index in [0.29, 0.717) is 16.7 Å². The highest BCUT2D eigenvalue weighted by Crippen LogP contribution is 2.33. The topological polar surface area (TPSA) is 86.2 Å². The first-order valence-electron chi connectivity index (χ1n) is 9.08. The summed E-state index contributed by atoms with van der Waals surface area (Å²) in [7, 11) is 0. The van der Waals surface area contributed by atoms with E-state index < -0.39 is 17.2 Å². The van der Waals surface area contributed by atoms with Gasteiger partial charge in [0.2, 0.25) is 11.6 Å². The van der Waals surface area contributed by atoms with E-state index in [1.807, 2.05) is 42.5 Å². The Morgan fingerprint density at radius 3 is 2.21 bits per heavy atom. The van der Waals surface area contributed by atoms with Crippen LogP contribution in [0.2, 0.25) is 0 Å². The molecule has 4 rings (SSSR count). The van der Waals surface area contributed by atoms with E-state index in [-0.39, 0.29) is 6.42 Å². The molecular formula is C24H20N2O2. The number of ketones is 2. The van der Waals surface area contributed by atoms with Crippen LogP contribution in [-0.2, 0) is 4.79 Å². The van der Waals surface area contributed by atoms with Crippen molar-refractivity contribution in [2.75, 3.05) is 0 Å². The van der Waals surface area contributed by atoms with Crippen molar-refractivity contribution in [2.24, 2.45) is 11.5 Å². The Bertz CT molecular complexity index is 1140. The van der Waals surface area contributed by atoms with Crippen molar-refractivity contribution in [3.05, 3.63) is 102 Å². The first kappa shape index (κ1) is 18.0. The summed E-state index contributed by atoms with van der Waals surface area (Å²) in [4.78, 5) is 25.7. The molecule has 0 amide bonds. The lowest BCUT2D eigenvalue weighted by molar-refractivity contribution is -0.111. The molecular weight excluding hydrogens is 348 g/mol. The zero-order chi connectivity index (χ0) is 19.7. The minimum atomic E-state index is -1.07. The Labute approximate surface area is 163 Å². The van der Waals surface area contributed by atoms with Crippen molar-refractivity contribution < 1.29 is 9.59 Å². The molecule has 0 aliphatic heterocycles. The van der Waals surface area contributed by atoms with Gasteiger partial charge in [0.1, 0.15) is 0 Å². The van der Waals surface area contributed by atoms with Crippen LogP contribution in [0.4, 0.5) is 0 Å². The Morgan fingerprint density at radius 2 is 1.46 bits per heavy atom. The van der Waals surface area contributed by atoms with Gasteiger partial charge in [0.25, 0.3) is 0 Å². The number of Topliss-reactive ketones (excluding diaryl/α,β-unsaturated/α-hetero) is 2. The summed E-state index contributed by atoms with van der Waals surface area (Å²) in [5, 5.41) is 2.14. The smallest absolute Gasteiger partial charge is 0.233 e. The first-order chi connectivity index (χ1) is 13.4. The van der Waals surface area contributed by atoms with E-state index in [1.165, 1.54) is 0 Å². The van der Waals surface area contributed by atoms with E-state index in [2.05, 4.69) is 0 Å². The highest BCUT2D eigenvalue weighted by atomic mass is 16.2. The summed E-state index contributed by atoms with van der Waals surface area (Å²) in [6.45, 7) is 0. The van der Waals surface area contributed by atoms with Crippen LogP contribution in [-0.4, -0.2) is 17.2 Å². The van der Waals surface area contributed by atoms with Gasteiger partial charge in [-0.1, -0.05) is 72.8 Å². The van der Waals surface area contributed by atoms with Gasteiger partial charge >= 0.3 is 0 Å². The first-order valence-corrected chi connectivity index (χ1v) is 9.08. The van der Waals surface area contributed by atoms with E-state index >= 15 is 0 Å². The van der Waals surface area contributed by atoms with Crippen LogP contribution < -0.4 is 11.5 Å². The SMILES string of the molecule is NC1(N)C=CC(C(=O)C(=O)c2ccccc2)=C(c2ccc3ccccc3c2)C1. The number of carbonyl (C=O) groups is 2. The second-order valence-corrected chi connectivity index (χ2v) is 7.10. The molecule has 1 aliphatic rings. The van der Waals surface area contributed by atoms with Crippen molar-refractivity contribution in [1.29, 1.82) is 0 Å². The summed E-state index contributed by atoms with van der Waals surface area (Å²) in [6, 6.07) is 22.4. The number of nitrogens with two attached hydrogens (primary N) is 2. The van der Waals surface area contributed by atoms with Crippen LogP contribution in [0.1, 0.15) is 22.3 Å². The van der Waals surface area contributed by atoms with Gasteiger partial charge in [0.15, 0.2) is 0 Å². The molecule has 0 unspecified atom stereocenters. The number of fused-ring (bicyclic) bond motifs is 1. The molecule has 0 radical (unpaired) electrons. The predicted octanol–water partition coefficient (Wildman–Crippen LogP) is 3.62. The fourth-order valence-corrected chi connectivity index (χ4v) is 3.49. The third-order valence-corrected chi connectivity index (χ3v) is 4.95. The molecule has 0 fully saturated rings. The molecule has 0 saturated heterocycles. The zero-order valence-electron chi connectivity index (χ0n) is 15.3. The second-order valence-electron chi connectivity index (χ2n) is 7.10. The molecule has 4 nitrogen and oxygen atoms in total. The fourth-order valence-electron chi connectivity index (χ4n) is 3.49. The molecule has 0 aromatic heterocycles. The summed E-state index contributed by atoms with van der Waals surface area (Å²) in [6.07, 6.45) is 3.44. The molecule has 4 N–H and O–H groups in total. The van der Waals surface area contributed by atoms with E-state index in [0.717, 1.165) is 16.3 Å². The largest absolute Gasteiger partial charge is 0.310 e. The summed E-state index contributed by atoms with van der Waals surface area (Å²) in [5.41, 5.74) is 13.4. The maximum atomic E-state index is 13.0. The lowest BCUT2D eigenvalue weighted by Crippen LogP contribution is -2.48. The van der Waals surface area contributed by atoms with Gasteiger partial charge in [-0.25, -0.2) is 0 Å². The van der Waals surface area contributed by atoms with Crippen LogP contribution in [0.15, 0.2) is 90.5 Å². The van der Waals surface area contributed by atoms with E-state index in [4.69, 9.17) is 11.5 Å². The van der Waals surface area contributed by atoms with Gasteiger partial charge in [0, 0.05) is 17.6 Å². The maximum Gasteiger partial charge on any atom is 0.233 e. The van der Waals surface area contributed by atoms with Crippen LogP contribution >= 0.6 is 0 Å². The number of benzene rings is 3. The number of hydrogen-bond donors (Lipinski definition) is 2. The molecule has 0 bridgehead atoms. The molecule has 138 valence electrons. The lowest BCUT2D eigenvalue weighted by Gasteiger charge is -2.28. The van der Waals surface area contributed by atoms with Gasteiger partial charge in [-0.2, -0.15) is 0 Å². The van der Waals surface area contributed by atoms with Crippen LogP contribution in [0.3, 0.4) is 0 Å². The minimum Gasteiger partial charge on any atom is -0.310 e. The van der Waals surface area contributed by atoms with Crippen LogP contribution in [0.5, 0.6) is 0 Å². The Hall–Kier alpha value is -3.34. The predicted molar refractivity (Wildman–Crippen MR) is 112 cm³/mol. The monoisotopic (exact) mass is 368 g/mol. The van der Waals surface area contributed by atoms with Gasteiger partial charge in [0.05, 0.1) is 5.66 Å². The summed E-state index contributed by atoms with van der Waals surface area (Å²) in [5.74, 6) is -1.10. The van der Waals surface area contributed by atoms with Crippen LogP contribution in [0, 0.1) is 0 Å². The van der Waals surface area contributed by atoms with Crippen molar-refractivity contribution in [3.8, 4) is 0 Å². The molecule has 0 heterocycles. The van der Waals surface area contributed by atoms with Crippen molar-refractivity contribution in [1.82, 2.24) is 0 Å². The molecule has 0 spiro atoms. The third-order valence-electron chi connectivity index (χ3n) is 4.95. The number of rotatable bonds is 4. The number of allylic oxidation sites excluding steroid dienone is 2. The second kappa shape index (κ2) is 7.00. The van der Waals surface area contributed by atoms with Crippen LogP contribution in [0.25, 0.3) is 16.3 Å². The molecule has 4 heteroatoms. The van der Waals surface area contributed by atoms with Gasteiger partial charge in [-0.3, -0.25) is 9.59 Å². The number of hydrogen-bond acceptors (Lipinski definition) is 4. The summed E-state index contributed by atoms with van der Waals surface area (Å²) < 4.78 is 0. The van der Waals surface area contributed by atoms with Crippen molar-refractivity contribution >= 4 is 27.9 Å².